The van der Waals surface area contributed by atoms with Crippen LogP contribution in [0.15, 0.2) is 18.6 Å². The zero-order valence-electron chi connectivity index (χ0n) is 12.7. The summed E-state index contributed by atoms with van der Waals surface area (Å²) in [6, 6.07) is 2.42. The molecular weight excluding hydrogens is 250 g/mol. The first-order valence-electron chi connectivity index (χ1n) is 7.14. The summed E-state index contributed by atoms with van der Waals surface area (Å²) in [6.07, 6.45) is 5.46. The van der Waals surface area contributed by atoms with Crippen LogP contribution in [0.25, 0.3) is 5.82 Å². The molecule has 0 aliphatic carbocycles. The Morgan fingerprint density at radius 1 is 1.30 bits per heavy atom. The van der Waals surface area contributed by atoms with Gasteiger partial charge < -0.3 is 5.32 Å². The van der Waals surface area contributed by atoms with E-state index < -0.39 is 0 Å². The largest absolute Gasteiger partial charge is 0.315 e. The molecule has 0 bridgehead atoms. The Hall–Kier alpha value is -1.75. The average Bonchev–Trinajstić information content (AvgIpc) is 2.71. The van der Waals surface area contributed by atoms with E-state index in [2.05, 4.69) is 48.1 Å². The number of aromatic nitrogens is 4. The molecule has 20 heavy (non-hydrogen) atoms. The fourth-order valence-corrected chi connectivity index (χ4v) is 2.32. The smallest absolute Gasteiger partial charge is 0.156 e. The van der Waals surface area contributed by atoms with Gasteiger partial charge in [-0.15, -0.1) is 0 Å². The van der Waals surface area contributed by atoms with E-state index in [1.54, 1.807) is 12.5 Å². The van der Waals surface area contributed by atoms with E-state index in [9.17, 15) is 0 Å². The van der Waals surface area contributed by atoms with E-state index in [0.29, 0.717) is 6.04 Å². The first-order chi connectivity index (χ1) is 9.59. The lowest BCUT2D eigenvalue weighted by Gasteiger charge is -2.08. The Balaban J connectivity index is 2.09. The monoisotopic (exact) mass is 273 g/mol. The highest BCUT2D eigenvalue weighted by Gasteiger charge is 2.12. The molecule has 0 saturated carbocycles. The molecule has 1 N–H and O–H groups in total. The predicted octanol–water partition coefficient (Wildman–Crippen LogP) is 2.21. The van der Waals surface area contributed by atoms with Crippen LogP contribution in [-0.4, -0.2) is 32.3 Å². The van der Waals surface area contributed by atoms with Crippen LogP contribution in [0.2, 0.25) is 0 Å². The third-order valence-electron chi connectivity index (χ3n) is 3.38. The van der Waals surface area contributed by atoms with Crippen LogP contribution in [-0.2, 0) is 6.42 Å². The van der Waals surface area contributed by atoms with Crippen molar-refractivity contribution >= 4 is 0 Å². The van der Waals surface area contributed by atoms with E-state index in [1.807, 2.05) is 10.7 Å². The van der Waals surface area contributed by atoms with Gasteiger partial charge in [0.05, 0.1) is 5.69 Å². The van der Waals surface area contributed by atoms with Crippen LogP contribution in [0, 0.1) is 13.8 Å². The highest BCUT2D eigenvalue weighted by molar-refractivity contribution is 5.31. The van der Waals surface area contributed by atoms with Crippen LogP contribution >= 0.6 is 0 Å². The van der Waals surface area contributed by atoms with Gasteiger partial charge in [-0.1, -0.05) is 13.8 Å². The second-order valence-electron chi connectivity index (χ2n) is 5.34. The van der Waals surface area contributed by atoms with Gasteiger partial charge in [0.1, 0.15) is 6.33 Å². The summed E-state index contributed by atoms with van der Waals surface area (Å²) in [5.41, 5.74) is 3.59. The van der Waals surface area contributed by atoms with Gasteiger partial charge in [-0.2, -0.15) is 5.10 Å². The molecule has 2 rings (SSSR count). The topological polar surface area (TPSA) is 55.6 Å². The molecule has 0 atom stereocenters. The van der Waals surface area contributed by atoms with Crippen LogP contribution < -0.4 is 5.32 Å². The van der Waals surface area contributed by atoms with Gasteiger partial charge in [0.15, 0.2) is 5.82 Å². The molecule has 2 aromatic rings. The molecule has 0 aromatic carbocycles. The van der Waals surface area contributed by atoms with Crippen molar-refractivity contribution in [1.82, 2.24) is 25.1 Å². The molecule has 0 aliphatic heterocycles. The molecule has 2 aromatic heterocycles. The Labute approximate surface area is 120 Å². The molecule has 5 nitrogen and oxygen atoms in total. The summed E-state index contributed by atoms with van der Waals surface area (Å²) in [7, 11) is 0. The van der Waals surface area contributed by atoms with E-state index in [1.165, 1.54) is 11.3 Å². The van der Waals surface area contributed by atoms with Crippen molar-refractivity contribution in [3.05, 3.63) is 35.5 Å². The SMILES string of the molecule is Cc1nn(-c2ccncn2)c(C)c1CCCNC(C)C. The van der Waals surface area contributed by atoms with Crippen molar-refractivity contribution in [2.24, 2.45) is 0 Å². The first kappa shape index (κ1) is 14.7. The average molecular weight is 273 g/mol. The van der Waals surface area contributed by atoms with Gasteiger partial charge in [-0.05, 0) is 38.8 Å². The lowest BCUT2D eigenvalue weighted by molar-refractivity contribution is 0.570. The van der Waals surface area contributed by atoms with Crippen molar-refractivity contribution in [2.75, 3.05) is 6.54 Å². The third kappa shape index (κ3) is 3.42. The predicted molar refractivity (Wildman–Crippen MR) is 80.1 cm³/mol. The number of hydrogen-bond donors (Lipinski definition) is 1. The summed E-state index contributed by atoms with van der Waals surface area (Å²) < 4.78 is 1.90. The summed E-state index contributed by atoms with van der Waals surface area (Å²) in [5.74, 6) is 0.826. The summed E-state index contributed by atoms with van der Waals surface area (Å²) in [5, 5.41) is 8.05. The molecule has 0 aliphatic rings. The molecule has 0 radical (unpaired) electrons. The van der Waals surface area contributed by atoms with E-state index in [0.717, 1.165) is 30.9 Å². The number of nitrogens with one attached hydrogen (secondary N) is 1. The maximum absolute atomic E-state index is 4.60. The van der Waals surface area contributed by atoms with Gasteiger partial charge in [-0.25, -0.2) is 14.6 Å². The van der Waals surface area contributed by atoms with Crippen LogP contribution in [0.5, 0.6) is 0 Å². The van der Waals surface area contributed by atoms with E-state index >= 15 is 0 Å². The third-order valence-corrected chi connectivity index (χ3v) is 3.38. The Morgan fingerprint density at radius 3 is 2.75 bits per heavy atom. The minimum atomic E-state index is 0.543. The van der Waals surface area contributed by atoms with Gasteiger partial charge in [0, 0.05) is 24.0 Å². The fraction of sp³-hybridized carbons (Fsp3) is 0.533. The van der Waals surface area contributed by atoms with E-state index in [-0.39, 0.29) is 0 Å². The Kier molecular flexibility index (Phi) is 4.84. The van der Waals surface area contributed by atoms with Crippen LogP contribution in [0.3, 0.4) is 0 Å². The van der Waals surface area contributed by atoms with Crippen LogP contribution in [0.1, 0.15) is 37.2 Å². The van der Waals surface area contributed by atoms with Crippen molar-refractivity contribution in [2.45, 2.75) is 46.6 Å². The summed E-state index contributed by atoms with van der Waals surface area (Å²) >= 11 is 0. The number of hydrogen-bond acceptors (Lipinski definition) is 4. The molecular formula is C15H23N5. The quantitative estimate of drug-likeness (QED) is 0.820. The summed E-state index contributed by atoms with van der Waals surface area (Å²) in [6.45, 7) is 9.55. The van der Waals surface area contributed by atoms with Gasteiger partial charge >= 0.3 is 0 Å². The van der Waals surface area contributed by atoms with Gasteiger partial charge in [0.2, 0.25) is 0 Å². The molecule has 2 heterocycles. The maximum atomic E-state index is 4.60. The lowest BCUT2D eigenvalue weighted by atomic mass is 10.1. The number of rotatable bonds is 6. The second kappa shape index (κ2) is 6.61. The second-order valence-corrected chi connectivity index (χ2v) is 5.34. The fourth-order valence-electron chi connectivity index (χ4n) is 2.32. The van der Waals surface area contributed by atoms with Crippen molar-refractivity contribution in [3.63, 3.8) is 0 Å². The lowest BCUT2D eigenvalue weighted by Crippen LogP contribution is -2.24. The number of aryl methyl sites for hydroxylation is 1. The Morgan fingerprint density at radius 2 is 2.10 bits per heavy atom. The standard InChI is InChI=1S/C15H23N5/c1-11(2)17-8-5-6-14-12(3)19-20(13(14)4)15-7-9-16-10-18-15/h7,9-11,17H,5-6,8H2,1-4H3. The molecule has 5 heteroatoms. The minimum Gasteiger partial charge on any atom is -0.315 e. The minimum absolute atomic E-state index is 0.543. The summed E-state index contributed by atoms with van der Waals surface area (Å²) in [4.78, 5) is 8.21. The normalized spacial score (nSPS) is 11.2. The molecule has 0 saturated heterocycles. The number of nitrogens with zero attached hydrogens (tertiary/aromatic N) is 4. The van der Waals surface area contributed by atoms with Crippen molar-refractivity contribution in [1.29, 1.82) is 0 Å². The molecule has 0 spiro atoms. The molecule has 108 valence electrons. The van der Waals surface area contributed by atoms with Crippen molar-refractivity contribution in [3.8, 4) is 5.82 Å². The zero-order valence-corrected chi connectivity index (χ0v) is 12.7. The highest BCUT2D eigenvalue weighted by Crippen LogP contribution is 2.17. The van der Waals surface area contributed by atoms with Crippen LogP contribution in [0.4, 0.5) is 0 Å². The molecule has 0 unspecified atom stereocenters. The zero-order chi connectivity index (χ0) is 14.5. The van der Waals surface area contributed by atoms with E-state index in [4.69, 9.17) is 0 Å². The molecule has 0 fully saturated rings. The molecule has 0 amide bonds. The Bertz CT molecular complexity index is 545. The van der Waals surface area contributed by atoms with Gasteiger partial charge in [-0.3, -0.25) is 0 Å². The first-order valence-corrected chi connectivity index (χ1v) is 7.14. The maximum Gasteiger partial charge on any atom is 0.156 e. The van der Waals surface area contributed by atoms with Crippen molar-refractivity contribution < 1.29 is 0 Å². The highest BCUT2D eigenvalue weighted by atomic mass is 15.3. The van der Waals surface area contributed by atoms with Gasteiger partial charge in [0.25, 0.3) is 0 Å².